The van der Waals surface area contributed by atoms with Gasteiger partial charge in [0.05, 0.1) is 0 Å². The fourth-order valence-corrected chi connectivity index (χ4v) is 35.4. The van der Waals surface area contributed by atoms with Crippen LogP contribution in [0.1, 0.15) is 52.1 Å². The van der Waals surface area contributed by atoms with Crippen molar-refractivity contribution in [2.24, 2.45) is 0 Å². The zero-order chi connectivity index (χ0) is 29.1. The first kappa shape index (κ1) is 28.5. The van der Waals surface area contributed by atoms with Crippen molar-refractivity contribution in [3.63, 3.8) is 0 Å². The zero-order valence-electron chi connectivity index (χ0n) is 24.5. The average molecular weight is 685 g/mol. The number of halogens is 2. The van der Waals surface area contributed by atoms with Crippen LogP contribution in [0.25, 0.3) is 39.2 Å². The van der Waals surface area contributed by atoms with E-state index in [0.29, 0.717) is 0 Å². The van der Waals surface area contributed by atoms with Crippen LogP contribution in [0.15, 0.2) is 103 Å². The molecule has 0 saturated heterocycles. The number of para-hydroxylation sites is 1. The van der Waals surface area contributed by atoms with Crippen LogP contribution in [0.4, 0.5) is 0 Å². The number of hydrogen-bond acceptors (Lipinski definition) is 1. The van der Waals surface area contributed by atoms with Gasteiger partial charge in [-0.2, -0.15) is 0 Å². The quantitative estimate of drug-likeness (QED) is 0.153. The first-order chi connectivity index (χ1) is 20.3. The maximum absolute atomic E-state index is 8.45. The van der Waals surface area contributed by atoms with Crippen LogP contribution in [0.5, 0.6) is 0 Å². The Labute approximate surface area is 258 Å². The number of unbranched alkanes of at least 4 members (excludes halogenated alkanes) is 1. The van der Waals surface area contributed by atoms with Gasteiger partial charge in [-0.15, -0.1) is 0 Å². The molecule has 1 aromatic heterocycles. The van der Waals surface area contributed by atoms with E-state index in [9.17, 15) is 0 Å². The summed E-state index contributed by atoms with van der Waals surface area (Å²) in [5, 5.41) is 1.16. The van der Waals surface area contributed by atoms with Crippen LogP contribution in [-0.2, 0) is 22.0 Å². The van der Waals surface area contributed by atoms with Crippen LogP contribution < -0.4 is 3.27 Å². The van der Waals surface area contributed by atoms with Crippen molar-refractivity contribution in [1.29, 1.82) is 0 Å². The van der Waals surface area contributed by atoms with Gasteiger partial charge in [-0.1, -0.05) is 0 Å². The van der Waals surface area contributed by atoms with Crippen LogP contribution in [0.3, 0.4) is 0 Å². The molecule has 0 aliphatic heterocycles. The standard InChI is InChI=1S/C22H20N.C13H9.C2H7Si.2ClH.Zr/c1-2-3-7-16-12-17-9-6-10-20(21(17)13-16)19-14-18-8-4-5-11-22(18)23-15-19;1-3-7-12-10(5-1)9-11-6-2-4-8-13(11)12;1-3-2;;;/h4-6,8-15H,2-3,7H2,1H3;1-5,7-8H,9H2;3H,1-2H3;2*1H;/q;;;;;+2/p-2. The van der Waals surface area contributed by atoms with Crippen molar-refractivity contribution in [3.05, 3.63) is 125 Å². The molecule has 0 spiro atoms. The molecule has 7 rings (SSSR count). The van der Waals surface area contributed by atoms with Crippen molar-refractivity contribution < 1.29 is 15.6 Å². The molecule has 1 heterocycles. The molecular weight excluding hydrogens is 649 g/mol. The van der Waals surface area contributed by atoms with Crippen molar-refractivity contribution in [1.82, 2.24) is 4.98 Å². The number of pyridine rings is 1. The van der Waals surface area contributed by atoms with E-state index >= 15 is 0 Å². The molecule has 4 aromatic carbocycles. The van der Waals surface area contributed by atoms with Gasteiger partial charge in [0.2, 0.25) is 0 Å². The van der Waals surface area contributed by atoms with Crippen molar-refractivity contribution in [2.75, 3.05) is 0 Å². The molecule has 1 atom stereocenters. The summed E-state index contributed by atoms with van der Waals surface area (Å²) in [4.78, 5) is 4.82. The minimum atomic E-state index is -4.76. The first-order valence-corrected chi connectivity index (χ1v) is 31.4. The molecule has 2 aliphatic carbocycles. The predicted octanol–water partition coefficient (Wildman–Crippen LogP) is 10.4. The third-order valence-electron chi connectivity index (χ3n) is 9.82. The summed E-state index contributed by atoms with van der Waals surface area (Å²) in [5.74, 6) is -1.59. The van der Waals surface area contributed by atoms with E-state index in [1.165, 1.54) is 47.8 Å². The molecule has 0 saturated carbocycles. The molecule has 0 bridgehead atoms. The summed E-state index contributed by atoms with van der Waals surface area (Å²) < 4.78 is 1.40. The third-order valence-corrected chi connectivity index (χ3v) is 59.8. The number of hydrogen-bond donors (Lipinski definition) is 0. The molecule has 1 nitrogen and oxygen atoms in total. The first-order valence-electron chi connectivity index (χ1n) is 15.3. The maximum atomic E-state index is 8.45. The number of rotatable bonds is 7. The van der Waals surface area contributed by atoms with E-state index in [2.05, 4.69) is 111 Å². The molecule has 5 aromatic rings. The van der Waals surface area contributed by atoms with E-state index in [1.54, 1.807) is 0 Å². The SMILES string of the molecule is CCCCC1=Cc2c(-c3cnc4ccccc4c3)cccc2[CH]1[Zr]([Cl])([Cl])([c]1cccc2c1Cc1ccccc1-2)[SiH](C)C. The summed E-state index contributed by atoms with van der Waals surface area (Å²) in [6, 6.07) is 33.0. The van der Waals surface area contributed by atoms with Crippen molar-refractivity contribution in [3.8, 4) is 22.3 Å². The average Bonchev–Trinajstić information content (AvgIpc) is 3.58. The van der Waals surface area contributed by atoms with E-state index in [0.717, 1.165) is 42.1 Å². The third kappa shape index (κ3) is 4.30. The Morgan fingerprint density at radius 3 is 2.43 bits per heavy atom. The second-order valence-electron chi connectivity index (χ2n) is 12.5. The van der Waals surface area contributed by atoms with E-state index in [1.807, 2.05) is 12.3 Å². The molecule has 0 fully saturated rings. The van der Waals surface area contributed by atoms with Crippen LogP contribution in [0, 0.1) is 0 Å². The molecular formula is C37H36Cl2NSiZr. The van der Waals surface area contributed by atoms with Crippen molar-refractivity contribution in [2.45, 2.75) is 49.3 Å². The van der Waals surface area contributed by atoms with Gasteiger partial charge in [0, 0.05) is 0 Å². The Hall–Kier alpha value is -2.29. The monoisotopic (exact) mass is 682 g/mol. The number of fused-ring (bicyclic) bond motifs is 5. The predicted molar refractivity (Wildman–Crippen MR) is 182 cm³/mol. The Bertz CT molecular complexity index is 1890. The van der Waals surface area contributed by atoms with Gasteiger partial charge in [-0.05, 0) is 0 Å². The molecule has 0 radical (unpaired) electrons. The number of aromatic nitrogens is 1. The topological polar surface area (TPSA) is 12.9 Å². The number of nitrogens with zero attached hydrogens (tertiary/aromatic N) is 1. The normalized spacial score (nSPS) is 16.6. The molecule has 42 heavy (non-hydrogen) atoms. The number of allylic oxidation sites excluding steroid dienone is 1. The summed E-state index contributed by atoms with van der Waals surface area (Å²) in [6.45, 7) is 7.11. The molecule has 0 amide bonds. The summed E-state index contributed by atoms with van der Waals surface area (Å²) in [7, 11) is 16.9. The van der Waals surface area contributed by atoms with Gasteiger partial charge in [0.1, 0.15) is 0 Å². The summed E-state index contributed by atoms with van der Waals surface area (Å²) in [6.07, 6.45) is 8.73. The second kappa shape index (κ2) is 10.7. The van der Waals surface area contributed by atoms with Gasteiger partial charge in [0.25, 0.3) is 0 Å². The zero-order valence-corrected chi connectivity index (χ0v) is 29.6. The van der Waals surface area contributed by atoms with Gasteiger partial charge in [-0.25, -0.2) is 0 Å². The van der Waals surface area contributed by atoms with Crippen LogP contribution >= 0.6 is 17.0 Å². The molecule has 2 aliphatic rings. The molecule has 1 unspecified atom stereocenters. The second-order valence-corrected chi connectivity index (χ2v) is 53.9. The van der Waals surface area contributed by atoms with E-state index < -0.39 is 21.5 Å². The molecule has 211 valence electrons. The van der Waals surface area contributed by atoms with Crippen LogP contribution in [0.2, 0.25) is 13.1 Å². The van der Waals surface area contributed by atoms with Gasteiger partial charge in [-0.3, -0.25) is 0 Å². The fraction of sp³-hybridized carbons (Fsp3) is 0.216. The number of benzene rings is 4. The minimum absolute atomic E-state index is 0.0894. The van der Waals surface area contributed by atoms with Crippen LogP contribution in [-0.4, -0.2) is 10.9 Å². The fourth-order valence-electron chi connectivity index (χ4n) is 7.56. The Balaban J connectivity index is 1.45. The Morgan fingerprint density at radius 1 is 0.857 bits per heavy atom. The van der Waals surface area contributed by atoms with E-state index in [4.69, 9.17) is 22.0 Å². The van der Waals surface area contributed by atoms with Crippen molar-refractivity contribution >= 4 is 43.2 Å². The molecule has 5 heteroatoms. The Morgan fingerprint density at radius 2 is 1.60 bits per heavy atom. The molecule has 0 N–H and O–H groups in total. The van der Waals surface area contributed by atoms with Gasteiger partial charge >= 0.3 is 260 Å². The van der Waals surface area contributed by atoms with Gasteiger partial charge in [0.15, 0.2) is 0 Å². The summed E-state index contributed by atoms with van der Waals surface area (Å²) in [5.41, 5.74) is 12.9. The van der Waals surface area contributed by atoms with E-state index in [-0.39, 0.29) is 3.63 Å². The Kier molecular flexibility index (Phi) is 7.26. The van der Waals surface area contributed by atoms with Gasteiger partial charge < -0.3 is 0 Å². The summed E-state index contributed by atoms with van der Waals surface area (Å²) >= 11 is -4.76.